The van der Waals surface area contributed by atoms with Crippen molar-refractivity contribution in [3.05, 3.63) is 48.3 Å². The summed E-state index contributed by atoms with van der Waals surface area (Å²) in [6, 6.07) is 9.93. The highest BCUT2D eigenvalue weighted by atomic mass is 16.5. The van der Waals surface area contributed by atoms with Crippen molar-refractivity contribution in [1.29, 1.82) is 0 Å². The van der Waals surface area contributed by atoms with Gasteiger partial charge < -0.3 is 14.5 Å². The number of likely N-dealkylation sites (tertiary alicyclic amines) is 1. The Labute approximate surface area is 170 Å². The number of hydrogen-bond acceptors (Lipinski definition) is 5. The minimum Gasteiger partial charge on any atom is -0.460 e. The van der Waals surface area contributed by atoms with E-state index in [4.69, 9.17) is 4.74 Å². The van der Waals surface area contributed by atoms with Crippen molar-refractivity contribution in [3.8, 4) is 6.01 Å². The summed E-state index contributed by atoms with van der Waals surface area (Å²) < 4.78 is 5.88. The number of benzene rings is 1. The topological polar surface area (TPSA) is 75.6 Å². The van der Waals surface area contributed by atoms with Crippen LogP contribution in [0, 0.1) is 5.92 Å². The molecule has 29 heavy (non-hydrogen) atoms. The van der Waals surface area contributed by atoms with Crippen LogP contribution in [0.4, 0.5) is 5.69 Å². The number of nitrogens with zero attached hydrogens (tertiary/aromatic N) is 4. The van der Waals surface area contributed by atoms with Crippen molar-refractivity contribution in [3.63, 3.8) is 0 Å². The molecule has 1 aromatic carbocycles. The Hall–Kier alpha value is -2.96. The summed E-state index contributed by atoms with van der Waals surface area (Å²) in [6.07, 6.45) is 6.25. The molecule has 152 valence electrons. The highest BCUT2D eigenvalue weighted by molar-refractivity contribution is 6.00. The third kappa shape index (κ3) is 4.39. The van der Waals surface area contributed by atoms with Gasteiger partial charge in [-0.2, -0.15) is 0 Å². The fourth-order valence-electron chi connectivity index (χ4n) is 3.92. The zero-order valence-corrected chi connectivity index (χ0v) is 16.7. The van der Waals surface area contributed by atoms with E-state index in [0.29, 0.717) is 25.6 Å². The Balaban J connectivity index is 1.29. The minimum atomic E-state index is -0.273. The molecule has 7 nitrogen and oxygen atoms in total. The van der Waals surface area contributed by atoms with Gasteiger partial charge in [0.05, 0.1) is 5.92 Å². The highest BCUT2D eigenvalue weighted by Crippen LogP contribution is 2.27. The van der Waals surface area contributed by atoms with E-state index in [-0.39, 0.29) is 30.3 Å². The fraction of sp³-hybridized carbons (Fsp3) is 0.455. The first-order valence-electron chi connectivity index (χ1n) is 10.3. The summed E-state index contributed by atoms with van der Waals surface area (Å²) in [7, 11) is 0. The van der Waals surface area contributed by atoms with Gasteiger partial charge >= 0.3 is 6.01 Å². The van der Waals surface area contributed by atoms with Gasteiger partial charge in [0.15, 0.2) is 0 Å². The molecule has 2 aromatic rings. The fourth-order valence-corrected chi connectivity index (χ4v) is 3.92. The largest absolute Gasteiger partial charge is 0.460 e. The molecule has 2 saturated heterocycles. The van der Waals surface area contributed by atoms with E-state index in [1.54, 1.807) is 17.3 Å². The number of ether oxygens (including phenoxy) is 1. The molecule has 0 radical (unpaired) electrons. The number of aromatic nitrogens is 2. The average molecular weight is 394 g/mol. The van der Waals surface area contributed by atoms with Crippen molar-refractivity contribution < 1.29 is 14.3 Å². The normalized spacial score (nSPS) is 20.2. The number of amides is 2. The monoisotopic (exact) mass is 394 g/mol. The Bertz CT molecular complexity index is 848. The first-order chi connectivity index (χ1) is 14.1. The standard InChI is InChI=1S/C22H26N4O3/c1-2-16-13-23-22(24-14-16)29-19-8-10-25(11-9-19)21(28)17-12-20(27)26(15-17)18-6-4-3-5-7-18/h3-7,13-14,17,19H,2,8-12,15H2,1H3. The second kappa shape index (κ2) is 8.59. The van der Waals surface area contributed by atoms with Gasteiger partial charge in [0.2, 0.25) is 11.8 Å². The summed E-state index contributed by atoms with van der Waals surface area (Å²) in [5.74, 6) is -0.190. The van der Waals surface area contributed by atoms with Gasteiger partial charge in [-0.15, -0.1) is 0 Å². The molecule has 0 aliphatic carbocycles. The SMILES string of the molecule is CCc1cnc(OC2CCN(C(=O)C3CC(=O)N(c4ccccc4)C3)CC2)nc1. The molecule has 3 heterocycles. The first kappa shape index (κ1) is 19.4. The van der Waals surface area contributed by atoms with Crippen LogP contribution in [0.1, 0.15) is 31.7 Å². The Morgan fingerprint density at radius 2 is 1.83 bits per heavy atom. The van der Waals surface area contributed by atoms with Crippen LogP contribution in [0.5, 0.6) is 6.01 Å². The van der Waals surface area contributed by atoms with E-state index in [1.165, 1.54) is 0 Å². The van der Waals surface area contributed by atoms with E-state index in [1.807, 2.05) is 35.2 Å². The van der Waals surface area contributed by atoms with Gasteiger partial charge in [-0.25, -0.2) is 9.97 Å². The Morgan fingerprint density at radius 1 is 1.14 bits per heavy atom. The number of hydrogen-bond donors (Lipinski definition) is 0. The number of rotatable bonds is 5. The average Bonchev–Trinajstić information content (AvgIpc) is 3.16. The van der Waals surface area contributed by atoms with E-state index >= 15 is 0 Å². The quantitative estimate of drug-likeness (QED) is 0.779. The van der Waals surface area contributed by atoms with Crippen molar-refractivity contribution in [2.45, 2.75) is 38.7 Å². The summed E-state index contributed by atoms with van der Waals surface area (Å²) in [5, 5.41) is 0. The summed E-state index contributed by atoms with van der Waals surface area (Å²) in [6.45, 7) is 3.78. The van der Waals surface area contributed by atoms with Crippen molar-refractivity contribution in [2.24, 2.45) is 5.92 Å². The summed E-state index contributed by atoms with van der Waals surface area (Å²) in [4.78, 5) is 37.4. The number of piperidine rings is 1. The molecule has 0 bridgehead atoms. The lowest BCUT2D eigenvalue weighted by atomic mass is 10.0. The van der Waals surface area contributed by atoms with Gasteiger partial charge in [0, 0.05) is 57.0 Å². The summed E-state index contributed by atoms with van der Waals surface area (Å²) >= 11 is 0. The molecule has 7 heteroatoms. The summed E-state index contributed by atoms with van der Waals surface area (Å²) in [5.41, 5.74) is 1.93. The molecule has 4 rings (SSSR count). The van der Waals surface area contributed by atoms with Crippen molar-refractivity contribution >= 4 is 17.5 Å². The highest BCUT2D eigenvalue weighted by Gasteiger charge is 2.38. The third-order valence-electron chi connectivity index (χ3n) is 5.66. The van der Waals surface area contributed by atoms with Crippen LogP contribution in [0.25, 0.3) is 0 Å². The molecule has 0 spiro atoms. The van der Waals surface area contributed by atoms with Crippen LogP contribution in [-0.2, 0) is 16.0 Å². The molecule has 2 fully saturated rings. The Kier molecular flexibility index (Phi) is 5.74. The predicted molar refractivity (Wildman–Crippen MR) is 109 cm³/mol. The van der Waals surface area contributed by atoms with Crippen LogP contribution >= 0.6 is 0 Å². The maximum atomic E-state index is 12.9. The van der Waals surface area contributed by atoms with Crippen LogP contribution < -0.4 is 9.64 Å². The molecule has 2 aliphatic rings. The smallest absolute Gasteiger partial charge is 0.316 e. The second-order valence-corrected chi connectivity index (χ2v) is 7.61. The number of para-hydroxylation sites is 1. The van der Waals surface area contributed by atoms with E-state index < -0.39 is 0 Å². The van der Waals surface area contributed by atoms with E-state index in [2.05, 4.69) is 16.9 Å². The van der Waals surface area contributed by atoms with Gasteiger partial charge in [-0.05, 0) is 24.1 Å². The van der Waals surface area contributed by atoms with Crippen LogP contribution in [-0.4, -0.2) is 52.4 Å². The molecular formula is C22H26N4O3. The lowest BCUT2D eigenvalue weighted by molar-refractivity contribution is -0.137. The molecule has 1 aromatic heterocycles. The van der Waals surface area contributed by atoms with Crippen LogP contribution in [0.15, 0.2) is 42.7 Å². The van der Waals surface area contributed by atoms with Gasteiger partial charge in [0.25, 0.3) is 0 Å². The first-order valence-corrected chi connectivity index (χ1v) is 10.3. The lowest BCUT2D eigenvalue weighted by Gasteiger charge is -2.33. The number of aryl methyl sites for hydroxylation is 1. The zero-order chi connectivity index (χ0) is 20.2. The lowest BCUT2D eigenvalue weighted by Crippen LogP contribution is -2.45. The van der Waals surface area contributed by atoms with E-state index in [9.17, 15) is 9.59 Å². The minimum absolute atomic E-state index is 0.0116. The molecule has 0 saturated carbocycles. The predicted octanol–water partition coefficient (Wildman–Crippen LogP) is 2.46. The number of anilines is 1. The van der Waals surface area contributed by atoms with E-state index in [0.717, 1.165) is 30.5 Å². The molecule has 1 atom stereocenters. The van der Waals surface area contributed by atoms with Crippen molar-refractivity contribution in [2.75, 3.05) is 24.5 Å². The van der Waals surface area contributed by atoms with Crippen molar-refractivity contribution in [1.82, 2.24) is 14.9 Å². The van der Waals surface area contributed by atoms with Gasteiger partial charge in [-0.3, -0.25) is 9.59 Å². The van der Waals surface area contributed by atoms with Gasteiger partial charge in [0.1, 0.15) is 6.10 Å². The number of carbonyl (C=O) groups is 2. The number of carbonyl (C=O) groups excluding carboxylic acids is 2. The third-order valence-corrected chi connectivity index (χ3v) is 5.66. The molecular weight excluding hydrogens is 368 g/mol. The maximum absolute atomic E-state index is 12.9. The zero-order valence-electron chi connectivity index (χ0n) is 16.7. The molecule has 0 N–H and O–H groups in total. The van der Waals surface area contributed by atoms with Gasteiger partial charge in [-0.1, -0.05) is 25.1 Å². The maximum Gasteiger partial charge on any atom is 0.316 e. The van der Waals surface area contributed by atoms with Crippen LogP contribution in [0.2, 0.25) is 0 Å². The van der Waals surface area contributed by atoms with Crippen LogP contribution in [0.3, 0.4) is 0 Å². The Morgan fingerprint density at radius 3 is 2.48 bits per heavy atom. The molecule has 2 aliphatic heterocycles. The molecule has 1 unspecified atom stereocenters. The molecule has 2 amide bonds. The second-order valence-electron chi connectivity index (χ2n) is 7.61.